The molecule has 0 spiro atoms. The first-order valence-electron chi connectivity index (χ1n) is 10.2. The molecule has 2 aromatic rings. The van der Waals surface area contributed by atoms with Gasteiger partial charge in [-0.15, -0.1) is 0 Å². The second kappa shape index (κ2) is 13.4. The third kappa shape index (κ3) is 8.60. The van der Waals surface area contributed by atoms with E-state index in [4.69, 9.17) is 25.8 Å². The van der Waals surface area contributed by atoms with Gasteiger partial charge in [-0.3, -0.25) is 0 Å². The lowest BCUT2D eigenvalue weighted by molar-refractivity contribution is 0.129. The summed E-state index contributed by atoms with van der Waals surface area (Å²) in [7, 11) is 0. The van der Waals surface area contributed by atoms with Crippen LogP contribution in [0, 0.1) is 5.82 Å². The zero-order valence-electron chi connectivity index (χ0n) is 17.3. The van der Waals surface area contributed by atoms with Crippen molar-refractivity contribution in [3.05, 3.63) is 58.4 Å². The van der Waals surface area contributed by atoms with Crippen LogP contribution in [0.5, 0.6) is 11.5 Å². The monoisotopic (exact) mass is 423 g/mol. The topological polar surface area (TPSA) is 39.7 Å². The Morgan fingerprint density at radius 1 is 0.966 bits per heavy atom. The van der Waals surface area contributed by atoms with Crippen LogP contribution in [0.15, 0.2) is 36.4 Å². The molecule has 2 rings (SSSR count). The molecule has 29 heavy (non-hydrogen) atoms. The molecule has 6 heteroatoms. The van der Waals surface area contributed by atoms with E-state index in [9.17, 15) is 4.39 Å². The van der Waals surface area contributed by atoms with E-state index < -0.39 is 0 Å². The third-order valence-electron chi connectivity index (χ3n) is 4.28. The molecule has 0 amide bonds. The smallest absolute Gasteiger partial charge is 0.180 e. The van der Waals surface area contributed by atoms with Crippen molar-refractivity contribution in [2.45, 2.75) is 46.3 Å². The summed E-state index contributed by atoms with van der Waals surface area (Å²) in [5.41, 5.74) is 1.89. The highest BCUT2D eigenvalue weighted by Gasteiger charge is 2.13. The van der Waals surface area contributed by atoms with E-state index in [0.29, 0.717) is 29.7 Å². The molecule has 0 aliphatic rings. The lowest BCUT2D eigenvalue weighted by atomic mass is 10.2. The number of ether oxygens (including phenoxy) is 3. The summed E-state index contributed by atoms with van der Waals surface area (Å²) in [6, 6.07) is 10.0. The summed E-state index contributed by atoms with van der Waals surface area (Å²) in [6.07, 6.45) is 3.24. The van der Waals surface area contributed by atoms with E-state index >= 15 is 0 Å². The minimum Gasteiger partial charge on any atom is -0.490 e. The molecule has 0 atom stereocenters. The van der Waals surface area contributed by atoms with Gasteiger partial charge in [0.05, 0.1) is 11.6 Å². The van der Waals surface area contributed by atoms with Gasteiger partial charge < -0.3 is 19.5 Å². The van der Waals surface area contributed by atoms with Gasteiger partial charge in [0, 0.05) is 19.8 Å². The standard InChI is InChI=1S/C23H31ClFNO3/c1-3-5-12-27-13-6-11-26-16-19-14-21(24)23(22(15-19)28-4-2)29-17-18-7-9-20(25)10-8-18/h7-10,14-15,26H,3-6,11-13,16-17H2,1-2H3. The van der Waals surface area contributed by atoms with Crippen LogP contribution >= 0.6 is 11.6 Å². The average molecular weight is 424 g/mol. The highest BCUT2D eigenvalue weighted by atomic mass is 35.5. The Balaban J connectivity index is 1.88. The van der Waals surface area contributed by atoms with E-state index in [1.165, 1.54) is 12.1 Å². The fourth-order valence-electron chi connectivity index (χ4n) is 2.74. The first-order chi connectivity index (χ1) is 14.1. The van der Waals surface area contributed by atoms with Crippen LogP contribution < -0.4 is 14.8 Å². The van der Waals surface area contributed by atoms with Crippen LogP contribution in [-0.2, 0) is 17.9 Å². The number of rotatable bonds is 14. The predicted octanol–water partition coefficient (Wildman–Crippen LogP) is 5.75. The molecule has 0 fully saturated rings. The summed E-state index contributed by atoms with van der Waals surface area (Å²) in [5.74, 6) is 0.846. The molecule has 0 aromatic heterocycles. The van der Waals surface area contributed by atoms with E-state index in [0.717, 1.165) is 50.1 Å². The van der Waals surface area contributed by atoms with Gasteiger partial charge in [-0.05, 0) is 61.7 Å². The first-order valence-corrected chi connectivity index (χ1v) is 10.6. The molecule has 1 N–H and O–H groups in total. The Kier molecular flexibility index (Phi) is 10.8. The Labute approximate surface area is 178 Å². The SMILES string of the molecule is CCCCOCCCNCc1cc(Cl)c(OCc2ccc(F)cc2)c(OCC)c1. The van der Waals surface area contributed by atoms with Gasteiger partial charge >= 0.3 is 0 Å². The van der Waals surface area contributed by atoms with Crippen molar-refractivity contribution in [3.8, 4) is 11.5 Å². The van der Waals surface area contributed by atoms with Crippen molar-refractivity contribution < 1.29 is 18.6 Å². The van der Waals surface area contributed by atoms with Gasteiger partial charge in [-0.25, -0.2) is 4.39 Å². The fourth-order valence-corrected chi connectivity index (χ4v) is 3.03. The van der Waals surface area contributed by atoms with Crippen molar-refractivity contribution in [1.82, 2.24) is 5.32 Å². The number of hydrogen-bond donors (Lipinski definition) is 1. The fraction of sp³-hybridized carbons (Fsp3) is 0.478. The van der Waals surface area contributed by atoms with Crippen LogP contribution in [0.2, 0.25) is 5.02 Å². The Morgan fingerprint density at radius 2 is 1.72 bits per heavy atom. The van der Waals surface area contributed by atoms with Crippen LogP contribution in [0.1, 0.15) is 44.2 Å². The average Bonchev–Trinajstić information content (AvgIpc) is 2.71. The Hall–Kier alpha value is -1.82. The molecule has 0 aliphatic carbocycles. The second-order valence-electron chi connectivity index (χ2n) is 6.75. The van der Waals surface area contributed by atoms with E-state index in [-0.39, 0.29) is 12.4 Å². The largest absolute Gasteiger partial charge is 0.490 e. The van der Waals surface area contributed by atoms with Gasteiger partial charge in [-0.2, -0.15) is 0 Å². The van der Waals surface area contributed by atoms with Crippen molar-refractivity contribution in [2.75, 3.05) is 26.4 Å². The van der Waals surface area contributed by atoms with Crippen molar-refractivity contribution in [1.29, 1.82) is 0 Å². The maximum absolute atomic E-state index is 13.0. The molecule has 0 unspecified atom stereocenters. The van der Waals surface area contributed by atoms with Crippen LogP contribution in [0.3, 0.4) is 0 Å². The van der Waals surface area contributed by atoms with Crippen LogP contribution in [-0.4, -0.2) is 26.4 Å². The van der Waals surface area contributed by atoms with Gasteiger partial charge in [0.25, 0.3) is 0 Å². The molecule has 2 aromatic carbocycles. The number of unbranched alkanes of at least 4 members (excludes halogenated alkanes) is 1. The maximum Gasteiger partial charge on any atom is 0.180 e. The van der Waals surface area contributed by atoms with Crippen molar-refractivity contribution >= 4 is 11.6 Å². The molecule has 0 aliphatic heterocycles. The van der Waals surface area contributed by atoms with Crippen LogP contribution in [0.4, 0.5) is 4.39 Å². The number of hydrogen-bond acceptors (Lipinski definition) is 4. The highest BCUT2D eigenvalue weighted by Crippen LogP contribution is 2.37. The van der Waals surface area contributed by atoms with Crippen molar-refractivity contribution in [2.24, 2.45) is 0 Å². The lowest BCUT2D eigenvalue weighted by Crippen LogP contribution is -2.16. The molecule has 160 valence electrons. The van der Waals surface area contributed by atoms with E-state index in [1.54, 1.807) is 12.1 Å². The first kappa shape index (κ1) is 23.5. The molecular weight excluding hydrogens is 393 g/mol. The second-order valence-corrected chi connectivity index (χ2v) is 7.16. The zero-order valence-corrected chi connectivity index (χ0v) is 18.1. The molecular formula is C23H31ClFNO3. The van der Waals surface area contributed by atoms with Gasteiger partial charge in [0.2, 0.25) is 0 Å². The third-order valence-corrected chi connectivity index (χ3v) is 4.56. The quantitative estimate of drug-likeness (QED) is 0.392. The van der Waals surface area contributed by atoms with Gasteiger partial charge in [0.15, 0.2) is 11.5 Å². The van der Waals surface area contributed by atoms with E-state index in [1.807, 2.05) is 19.1 Å². The molecule has 0 saturated heterocycles. The summed E-state index contributed by atoms with van der Waals surface area (Å²) < 4.78 is 30.2. The van der Waals surface area contributed by atoms with Gasteiger partial charge in [0.1, 0.15) is 12.4 Å². The minimum absolute atomic E-state index is 0.272. The van der Waals surface area contributed by atoms with E-state index in [2.05, 4.69) is 12.2 Å². The maximum atomic E-state index is 13.0. The van der Waals surface area contributed by atoms with Crippen molar-refractivity contribution in [3.63, 3.8) is 0 Å². The lowest BCUT2D eigenvalue weighted by Gasteiger charge is -2.16. The Bertz CT molecular complexity index is 725. The molecule has 4 nitrogen and oxygen atoms in total. The molecule has 0 radical (unpaired) electrons. The predicted molar refractivity (Wildman–Crippen MR) is 115 cm³/mol. The summed E-state index contributed by atoms with van der Waals surface area (Å²) in [6.45, 7) is 8.04. The molecule has 0 saturated carbocycles. The van der Waals surface area contributed by atoms with Gasteiger partial charge in [-0.1, -0.05) is 37.1 Å². The normalized spacial score (nSPS) is 10.9. The number of nitrogens with one attached hydrogen (secondary N) is 1. The summed E-state index contributed by atoms with van der Waals surface area (Å²) in [5, 5.41) is 3.90. The highest BCUT2D eigenvalue weighted by molar-refractivity contribution is 6.32. The zero-order chi connectivity index (χ0) is 20.9. The number of halogens is 2. The summed E-state index contributed by atoms with van der Waals surface area (Å²) in [4.78, 5) is 0. The Morgan fingerprint density at radius 3 is 2.45 bits per heavy atom. The molecule has 0 heterocycles. The minimum atomic E-state index is -0.272. The number of benzene rings is 2. The molecule has 0 bridgehead atoms. The van der Waals surface area contributed by atoms with Crippen LogP contribution in [0.25, 0.3) is 0 Å². The summed E-state index contributed by atoms with van der Waals surface area (Å²) >= 11 is 6.46.